The maximum Gasteiger partial charge on any atom is 0.238 e. The van der Waals surface area contributed by atoms with Crippen LogP contribution in [0.3, 0.4) is 0 Å². The maximum absolute atomic E-state index is 12.0. The average molecular weight is 405 g/mol. The summed E-state index contributed by atoms with van der Waals surface area (Å²) in [6.45, 7) is 0. The normalized spacial score (nSPS) is 11.3. The molecule has 24 heavy (non-hydrogen) atoms. The van der Waals surface area contributed by atoms with Crippen molar-refractivity contribution < 1.29 is 13.2 Å². The van der Waals surface area contributed by atoms with E-state index in [9.17, 15) is 13.2 Å². The second-order valence-corrected chi connectivity index (χ2v) is 8.19. The molecule has 2 aromatic rings. The molecule has 5 nitrogen and oxygen atoms in total. The molecular weight excluding hydrogens is 391 g/mol. The van der Waals surface area contributed by atoms with Crippen LogP contribution in [0.5, 0.6) is 0 Å². The Labute approximate surface area is 154 Å². The Kier molecular flexibility index (Phi) is 6.54. The summed E-state index contributed by atoms with van der Waals surface area (Å²) < 4.78 is 22.6. The number of amides is 1. The molecule has 0 radical (unpaired) electrons. The first-order valence-electron chi connectivity index (χ1n) is 6.71. The Bertz CT molecular complexity index is 820. The van der Waals surface area contributed by atoms with Crippen LogP contribution in [-0.2, 0) is 20.6 Å². The Hall–Kier alpha value is -1.25. The highest BCUT2D eigenvalue weighted by molar-refractivity contribution is 7.99. The van der Waals surface area contributed by atoms with Gasteiger partial charge in [0, 0.05) is 5.75 Å². The van der Waals surface area contributed by atoms with Gasteiger partial charge in [0.15, 0.2) is 0 Å². The molecule has 3 N–H and O–H groups in total. The fraction of sp³-hybridized carbons (Fsp3) is 0.133. The number of benzene rings is 2. The van der Waals surface area contributed by atoms with Gasteiger partial charge in [-0.1, -0.05) is 53.5 Å². The molecule has 0 saturated heterocycles. The van der Waals surface area contributed by atoms with Gasteiger partial charge >= 0.3 is 0 Å². The van der Waals surface area contributed by atoms with Crippen molar-refractivity contribution in [3.8, 4) is 0 Å². The lowest BCUT2D eigenvalue weighted by molar-refractivity contribution is -0.113. The van der Waals surface area contributed by atoms with Gasteiger partial charge in [0.05, 0.1) is 26.4 Å². The number of nitrogens with one attached hydrogen (secondary N) is 1. The number of nitrogens with two attached hydrogens (primary N) is 1. The van der Waals surface area contributed by atoms with E-state index in [1.165, 1.54) is 11.8 Å². The highest BCUT2D eigenvalue weighted by atomic mass is 35.5. The number of carbonyl (C=O) groups excluding carboxylic acids is 1. The van der Waals surface area contributed by atoms with Gasteiger partial charge < -0.3 is 5.32 Å². The largest absolute Gasteiger partial charge is 0.323 e. The second-order valence-electron chi connectivity index (χ2n) is 4.83. The van der Waals surface area contributed by atoms with Crippen LogP contribution in [0.2, 0.25) is 10.0 Å². The van der Waals surface area contributed by atoms with Crippen molar-refractivity contribution in [2.24, 2.45) is 5.14 Å². The van der Waals surface area contributed by atoms with Crippen LogP contribution in [0.4, 0.5) is 5.69 Å². The van der Waals surface area contributed by atoms with Gasteiger partial charge in [-0.05, 0) is 17.7 Å². The molecule has 0 aromatic heterocycles. The Balaban J connectivity index is 1.99. The van der Waals surface area contributed by atoms with Gasteiger partial charge in [0.2, 0.25) is 15.9 Å². The quantitative estimate of drug-likeness (QED) is 0.770. The van der Waals surface area contributed by atoms with Crippen LogP contribution in [0.1, 0.15) is 5.56 Å². The molecule has 0 saturated carbocycles. The molecular formula is C15H14Cl2N2O3S2. The summed E-state index contributed by atoms with van der Waals surface area (Å²) >= 11 is 13.4. The van der Waals surface area contributed by atoms with Crippen molar-refractivity contribution in [2.45, 2.75) is 10.6 Å². The molecule has 128 valence electrons. The Morgan fingerprint density at radius 2 is 1.71 bits per heavy atom. The van der Waals surface area contributed by atoms with Crippen LogP contribution in [0, 0.1) is 0 Å². The number of halogens is 2. The van der Waals surface area contributed by atoms with Gasteiger partial charge in [-0.15, -0.1) is 11.8 Å². The summed E-state index contributed by atoms with van der Waals surface area (Å²) in [6.07, 6.45) is 0. The first kappa shape index (κ1) is 19.1. The monoisotopic (exact) mass is 404 g/mol. The van der Waals surface area contributed by atoms with Crippen molar-refractivity contribution in [1.29, 1.82) is 0 Å². The summed E-state index contributed by atoms with van der Waals surface area (Å²) in [4.78, 5) is 11.8. The maximum atomic E-state index is 12.0. The van der Waals surface area contributed by atoms with E-state index in [0.29, 0.717) is 5.75 Å². The van der Waals surface area contributed by atoms with Gasteiger partial charge in [-0.2, -0.15) is 0 Å². The standard InChI is InChI=1S/C15H14Cl2N2O3S2/c16-12-6-11(24(18,21)22)7-13(17)15(12)19-14(20)9-23-8-10-4-2-1-3-5-10/h1-7H,8-9H2,(H,19,20)(H2,18,21,22). The van der Waals surface area contributed by atoms with E-state index in [-0.39, 0.29) is 32.3 Å². The molecule has 0 fully saturated rings. The Morgan fingerprint density at radius 3 is 2.25 bits per heavy atom. The van der Waals surface area contributed by atoms with Crippen LogP contribution in [0.25, 0.3) is 0 Å². The lowest BCUT2D eigenvalue weighted by atomic mass is 10.2. The molecule has 0 aliphatic heterocycles. The van der Waals surface area contributed by atoms with Gasteiger partial charge in [0.1, 0.15) is 0 Å². The molecule has 2 rings (SSSR count). The number of anilines is 1. The number of hydrogen-bond donors (Lipinski definition) is 2. The van der Waals surface area contributed by atoms with E-state index in [0.717, 1.165) is 17.7 Å². The van der Waals surface area contributed by atoms with Crippen LogP contribution in [0.15, 0.2) is 47.4 Å². The first-order valence-corrected chi connectivity index (χ1v) is 10.2. The molecule has 0 aliphatic carbocycles. The lowest BCUT2D eigenvalue weighted by Gasteiger charge is -2.11. The molecule has 0 bridgehead atoms. The Morgan fingerprint density at radius 1 is 1.12 bits per heavy atom. The summed E-state index contributed by atoms with van der Waals surface area (Å²) in [6, 6.07) is 12.0. The minimum atomic E-state index is -3.92. The minimum Gasteiger partial charge on any atom is -0.323 e. The van der Waals surface area contributed by atoms with Crippen LogP contribution >= 0.6 is 35.0 Å². The number of rotatable bonds is 6. The van der Waals surface area contributed by atoms with Crippen LogP contribution in [-0.4, -0.2) is 20.1 Å². The van der Waals surface area contributed by atoms with Gasteiger partial charge in [0.25, 0.3) is 0 Å². The minimum absolute atomic E-state index is 0.00735. The number of thioether (sulfide) groups is 1. The summed E-state index contributed by atoms with van der Waals surface area (Å²) in [5.74, 6) is 0.613. The molecule has 0 spiro atoms. The number of carbonyl (C=O) groups is 1. The van der Waals surface area contributed by atoms with Gasteiger partial charge in [-0.3, -0.25) is 4.79 Å². The third kappa shape index (κ3) is 5.39. The molecule has 0 atom stereocenters. The van der Waals surface area contributed by atoms with E-state index in [4.69, 9.17) is 28.3 Å². The van der Waals surface area contributed by atoms with E-state index in [1.807, 2.05) is 30.3 Å². The molecule has 2 aromatic carbocycles. The topological polar surface area (TPSA) is 89.3 Å². The molecule has 9 heteroatoms. The zero-order valence-corrected chi connectivity index (χ0v) is 15.5. The zero-order valence-electron chi connectivity index (χ0n) is 12.3. The highest BCUT2D eigenvalue weighted by Crippen LogP contribution is 2.33. The molecule has 0 unspecified atom stereocenters. The van der Waals surface area contributed by atoms with Gasteiger partial charge in [-0.25, -0.2) is 13.6 Å². The van der Waals surface area contributed by atoms with E-state index in [1.54, 1.807) is 0 Å². The van der Waals surface area contributed by atoms with E-state index >= 15 is 0 Å². The summed E-state index contributed by atoms with van der Waals surface area (Å²) in [5, 5.41) is 7.63. The summed E-state index contributed by atoms with van der Waals surface area (Å²) in [5.41, 5.74) is 1.28. The third-order valence-electron chi connectivity index (χ3n) is 2.95. The van der Waals surface area contributed by atoms with Crippen LogP contribution < -0.4 is 10.5 Å². The second kappa shape index (κ2) is 8.22. The first-order chi connectivity index (χ1) is 11.3. The lowest BCUT2D eigenvalue weighted by Crippen LogP contribution is -2.16. The smallest absolute Gasteiger partial charge is 0.238 e. The third-order valence-corrected chi connectivity index (χ3v) is 5.45. The van der Waals surface area contributed by atoms with Crippen molar-refractivity contribution >= 4 is 56.6 Å². The SMILES string of the molecule is NS(=O)(=O)c1cc(Cl)c(NC(=O)CSCc2ccccc2)c(Cl)c1. The van der Waals surface area contributed by atoms with E-state index in [2.05, 4.69) is 5.32 Å². The molecule has 0 aliphatic rings. The highest BCUT2D eigenvalue weighted by Gasteiger charge is 2.16. The fourth-order valence-corrected chi connectivity index (χ4v) is 3.91. The van der Waals surface area contributed by atoms with Crippen molar-refractivity contribution in [2.75, 3.05) is 11.1 Å². The summed E-state index contributed by atoms with van der Waals surface area (Å²) in [7, 11) is -3.92. The van der Waals surface area contributed by atoms with Crippen molar-refractivity contribution in [1.82, 2.24) is 0 Å². The predicted molar refractivity (Wildman–Crippen MR) is 99.1 cm³/mol. The van der Waals surface area contributed by atoms with E-state index < -0.39 is 10.0 Å². The fourth-order valence-electron chi connectivity index (χ4n) is 1.84. The number of primary sulfonamides is 1. The molecule has 0 heterocycles. The predicted octanol–water partition coefficient (Wildman–Crippen LogP) is 3.51. The average Bonchev–Trinajstić information content (AvgIpc) is 2.51. The number of sulfonamides is 1. The van der Waals surface area contributed by atoms with Crippen molar-refractivity contribution in [3.63, 3.8) is 0 Å². The number of hydrogen-bond acceptors (Lipinski definition) is 4. The molecule has 1 amide bonds. The zero-order chi connectivity index (χ0) is 17.7. The van der Waals surface area contributed by atoms with Crippen molar-refractivity contribution in [3.05, 3.63) is 58.1 Å².